The summed E-state index contributed by atoms with van der Waals surface area (Å²) < 4.78 is 5.57. The summed E-state index contributed by atoms with van der Waals surface area (Å²) in [5.74, 6) is -0.921. The molecule has 0 heterocycles. The Morgan fingerprint density at radius 3 is 2.56 bits per heavy atom. The molecule has 0 aliphatic carbocycles. The van der Waals surface area contributed by atoms with Crippen LogP contribution in [0, 0.1) is 6.92 Å². The van der Waals surface area contributed by atoms with E-state index in [2.05, 4.69) is 22.8 Å². The van der Waals surface area contributed by atoms with Crippen LogP contribution in [0.1, 0.15) is 30.9 Å². The van der Waals surface area contributed by atoms with E-state index in [1.165, 1.54) is 6.21 Å². The molecular formula is C20H22ClN3O3. The molecule has 0 radical (unpaired) electrons. The Kier molecular flexibility index (Phi) is 7.82. The highest BCUT2D eigenvalue weighted by molar-refractivity contribution is 6.39. The van der Waals surface area contributed by atoms with Crippen LogP contribution in [0.2, 0.25) is 5.02 Å². The Morgan fingerprint density at radius 2 is 1.89 bits per heavy atom. The molecule has 0 unspecified atom stereocenters. The van der Waals surface area contributed by atoms with Crippen LogP contribution in [0.4, 0.5) is 5.69 Å². The zero-order valence-corrected chi connectivity index (χ0v) is 16.0. The van der Waals surface area contributed by atoms with Gasteiger partial charge in [0, 0.05) is 10.7 Å². The number of aryl methyl sites for hydroxylation is 1. The number of ether oxygens (including phenoxy) is 1. The quantitative estimate of drug-likeness (QED) is 0.327. The van der Waals surface area contributed by atoms with Crippen LogP contribution >= 0.6 is 11.6 Å². The molecule has 0 spiro atoms. The summed E-state index contributed by atoms with van der Waals surface area (Å²) in [5.41, 5.74) is 4.27. The first-order valence-electron chi connectivity index (χ1n) is 8.63. The number of carbonyl (C=O) groups is 2. The topological polar surface area (TPSA) is 79.8 Å². The maximum absolute atomic E-state index is 11.9. The van der Waals surface area contributed by atoms with E-state index in [-0.39, 0.29) is 0 Å². The second-order valence-electron chi connectivity index (χ2n) is 5.89. The van der Waals surface area contributed by atoms with Gasteiger partial charge in [-0.05, 0) is 60.9 Å². The van der Waals surface area contributed by atoms with Crippen molar-refractivity contribution >= 4 is 35.3 Å². The summed E-state index contributed by atoms with van der Waals surface area (Å²) in [7, 11) is 0. The molecule has 7 heteroatoms. The van der Waals surface area contributed by atoms with Crippen molar-refractivity contribution in [2.45, 2.75) is 26.7 Å². The number of nitrogens with one attached hydrogen (secondary N) is 2. The molecule has 0 aliphatic rings. The fourth-order valence-electron chi connectivity index (χ4n) is 2.06. The van der Waals surface area contributed by atoms with Crippen molar-refractivity contribution in [2.75, 3.05) is 11.9 Å². The van der Waals surface area contributed by atoms with Crippen LogP contribution in [0.3, 0.4) is 0 Å². The third-order valence-corrected chi connectivity index (χ3v) is 4.07. The summed E-state index contributed by atoms with van der Waals surface area (Å²) in [6, 6.07) is 12.3. The minimum absolute atomic E-state index is 0.438. The standard InChI is InChI=1S/C20H22ClN3O3/c1-3-4-11-27-17-9-6-15(7-10-17)13-22-24-20(26)19(25)23-16-8-5-14(2)18(21)12-16/h5-10,12-13H,3-4,11H2,1-2H3,(H,23,25)(H,24,26)/b22-13+. The number of unbranched alkanes of at least 4 members (excludes halogenated alkanes) is 1. The molecule has 6 nitrogen and oxygen atoms in total. The van der Waals surface area contributed by atoms with Crippen LogP contribution in [0.25, 0.3) is 0 Å². The van der Waals surface area contributed by atoms with Gasteiger partial charge in [-0.25, -0.2) is 5.43 Å². The molecule has 27 heavy (non-hydrogen) atoms. The third-order valence-electron chi connectivity index (χ3n) is 3.66. The van der Waals surface area contributed by atoms with Crippen LogP contribution in [-0.2, 0) is 9.59 Å². The molecule has 2 aromatic rings. The van der Waals surface area contributed by atoms with Gasteiger partial charge in [0.05, 0.1) is 12.8 Å². The van der Waals surface area contributed by atoms with E-state index in [4.69, 9.17) is 16.3 Å². The van der Waals surface area contributed by atoms with E-state index in [1.54, 1.807) is 18.2 Å². The van der Waals surface area contributed by atoms with Crippen molar-refractivity contribution in [3.8, 4) is 5.75 Å². The largest absolute Gasteiger partial charge is 0.494 e. The van der Waals surface area contributed by atoms with Crippen molar-refractivity contribution in [3.05, 3.63) is 58.6 Å². The van der Waals surface area contributed by atoms with Crippen molar-refractivity contribution in [1.82, 2.24) is 5.43 Å². The lowest BCUT2D eigenvalue weighted by atomic mass is 10.2. The maximum Gasteiger partial charge on any atom is 0.329 e. The van der Waals surface area contributed by atoms with Gasteiger partial charge in [0.25, 0.3) is 0 Å². The summed E-state index contributed by atoms with van der Waals surface area (Å²) in [4.78, 5) is 23.7. The highest BCUT2D eigenvalue weighted by Crippen LogP contribution is 2.19. The first-order valence-corrected chi connectivity index (χ1v) is 9.00. The number of benzene rings is 2. The molecule has 2 N–H and O–H groups in total. The summed E-state index contributed by atoms with van der Waals surface area (Å²) in [5, 5.41) is 6.76. The summed E-state index contributed by atoms with van der Waals surface area (Å²) >= 11 is 5.99. The van der Waals surface area contributed by atoms with Gasteiger partial charge in [-0.15, -0.1) is 0 Å². The first kappa shape index (κ1) is 20.5. The highest BCUT2D eigenvalue weighted by atomic mass is 35.5. The number of nitrogens with zero attached hydrogens (tertiary/aromatic N) is 1. The molecule has 0 bridgehead atoms. The molecule has 0 aromatic heterocycles. The Labute approximate surface area is 163 Å². The smallest absolute Gasteiger partial charge is 0.329 e. The maximum atomic E-state index is 11.9. The number of amides is 2. The minimum atomic E-state index is -0.873. The van der Waals surface area contributed by atoms with E-state index in [0.717, 1.165) is 29.7 Å². The lowest BCUT2D eigenvalue weighted by Gasteiger charge is -2.06. The molecule has 0 saturated carbocycles. The van der Waals surface area contributed by atoms with E-state index in [0.29, 0.717) is 17.3 Å². The van der Waals surface area contributed by atoms with Crippen molar-refractivity contribution in [3.63, 3.8) is 0 Å². The Hall–Kier alpha value is -2.86. The van der Waals surface area contributed by atoms with Gasteiger partial charge in [0.15, 0.2) is 0 Å². The van der Waals surface area contributed by atoms with E-state index in [1.807, 2.05) is 31.2 Å². The Balaban J connectivity index is 1.83. The number of anilines is 1. The lowest BCUT2D eigenvalue weighted by Crippen LogP contribution is -2.32. The van der Waals surface area contributed by atoms with Gasteiger partial charge in [-0.3, -0.25) is 9.59 Å². The molecule has 2 aromatic carbocycles. The number of carbonyl (C=O) groups excluding carboxylic acids is 2. The summed E-state index contributed by atoms with van der Waals surface area (Å²) in [6.07, 6.45) is 3.53. The van der Waals surface area contributed by atoms with Crippen molar-refractivity contribution < 1.29 is 14.3 Å². The fourth-order valence-corrected chi connectivity index (χ4v) is 2.24. The van der Waals surface area contributed by atoms with Crippen LogP contribution in [0.15, 0.2) is 47.6 Å². The molecular weight excluding hydrogens is 366 g/mol. The van der Waals surface area contributed by atoms with Crippen molar-refractivity contribution in [1.29, 1.82) is 0 Å². The molecule has 0 aliphatic heterocycles. The molecule has 2 rings (SSSR count). The average molecular weight is 388 g/mol. The zero-order valence-electron chi connectivity index (χ0n) is 15.3. The third kappa shape index (κ3) is 6.75. The second kappa shape index (κ2) is 10.3. The minimum Gasteiger partial charge on any atom is -0.494 e. The van der Waals surface area contributed by atoms with Gasteiger partial charge >= 0.3 is 11.8 Å². The normalized spacial score (nSPS) is 10.6. The number of halogens is 1. The Morgan fingerprint density at radius 1 is 1.15 bits per heavy atom. The molecule has 0 saturated heterocycles. The second-order valence-corrected chi connectivity index (χ2v) is 6.30. The molecule has 0 fully saturated rings. The summed E-state index contributed by atoms with van der Waals surface area (Å²) in [6.45, 7) is 4.63. The first-order chi connectivity index (χ1) is 13.0. The predicted octanol–water partition coefficient (Wildman–Crippen LogP) is 3.92. The van der Waals surface area contributed by atoms with Crippen LogP contribution in [-0.4, -0.2) is 24.6 Å². The zero-order chi connectivity index (χ0) is 19.6. The van der Waals surface area contributed by atoms with Gasteiger partial charge in [-0.2, -0.15) is 5.10 Å². The average Bonchev–Trinajstić information content (AvgIpc) is 2.66. The highest BCUT2D eigenvalue weighted by Gasteiger charge is 2.13. The molecule has 0 atom stereocenters. The van der Waals surface area contributed by atoms with Crippen molar-refractivity contribution in [2.24, 2.45) is 5.10 Å². The molecule has 2 amide bonds. The Bertz CT molecular complexity index is 820. The number of hydrogen-bond acceptors (Lipinski definition) is 4. The fraction of sp³-hybridized carbons (Fsp3) is 0.250. The van der Waals surface area contributed by atoms with Gasteiger partial charge in [0.2, 0.25) is 0 Å². The van der Waals surface area contributed by atoms with E-state index < -0.39 is 11.8 Å². The monoisotopic (exact) mass is 387 g/mol. The molecule has 142 valence electrons. The number of hydrazone groups is 1. The number of hydrogen-bond donors (Lipinski definition) is 2. The van der Waals surface area contributed by atoms with Gasteiger partial charge in [0.1, 0.15) is 5.75 Å². The predicted molar refractivity (Wildman–Crippen MR) is 107 cm³/mol. The number of rotatable bonds is 7. The van der Waals surface area contributed by atoms with E-state index in [9.17, 15) is 9.59 Å². The van der Waals surface area contributed by atoms with Crippen LogP contribution < -0.4 is 15.5 Å². The van der Waals surface area contributed by atoms with Crippen LogP contribution in [0.5, 0.6) is 5.75 Å². The SMILES string of the molecule is CCCCOc1ccc(/C=N/NC(=O)C(=O)Nc2ccc(C)c(Cl)c2)cc1. The van der Waals surface area contributed by atoms with E-state index >= 15 is 0 Å². The lowest BCUT2D eigenvalue weighted by molar-refractivity contribution is -0.136. The van der Waals surface area contributed by atoms with Gasteiger partial charge < -0.3 is 10.1 Å². The van der Waals surface area contributed by atoms with Gasteiger partial charge in [-0.1, -0.05) is 31.0 Å².